The van der Waals surface area contributed by atoms with Crippen LogP contribution in [0.4, 0.5) is 0 Å². The van der Waals surface area contributed by atoms with Gasteiger partial charge < -0.3 is 46.1 Å². The van der Waals surface area contributed by atoms with E-state index in [-0.39, 0.29) is 103 Å². The molecule has 0 heterocycles. The van der Waals surface area contributed by atoms with Crippen LogP contribution in [0.2, 0.25) is 0 Å². The quantitative estimate of drug-likeness (QED) is 0.0487. The van der Waals surface area contributed by atoms with E-state index in [0.717, 1.165) is 65.1 Å². The molecule has 0 amide bonds. The van der Waals surface area contributed by atoms with E-state index in [2.05, 4.69) is 279 Å². The standard InChI is InChI=1S/C25H20OP.C17H19P.2C8H18.C6H9.C5H11P.C5H9P.5C2H4N.CH3.2Fe.3Pd/c1-20-12-8-9-17-23(20)26-24-18-10-11-19-25(24)27(21-13-4-2-5-14-21)22-15-6-3-7-16-22;1-3-9-15(10-4-1)18(17-13-7-8-14-17)16-11-5-2-6-12-16;2*1-7(2,3)8(4,5)6;1-6-4-2-3-5-6;2*6-5-3-1-2-4-5;5*1-2-3;;;;;;/h2-19H,1H2;1-6,9-12,17H,7-8,13-14H2;2*1-6H3;2,4,6H,1,3,5H2;5H,1-4,6H2;1,3,5H,2,4,6H2;5*2H,1H3;1H3;;;;;/q-1;;;;-1;;;6*-1;;;;;+2/p+2. The Hall–Kier alpha value is -2.43. The zero-order valence-corrected chi connectivity index (χ0v) is 75.2. The Morgan fingerprint density at radius 2 is 0.710 bits per heavy atom. The number of hydrogen-bond acceptors (Lipinski definition) is 1. The minimum Gasteiger partial charge on any atom is -0.814 e. The summed E-state index contributed by atoms with van der Waals surface area (Å²) in [6.07, 6.45) is 30.5. The van der Waals surface area contributed by atoms with Crippen molar-refractivity contribution in [1.29, 1.82) is 0 Å². The Kier molecular flexibility index (Phi) is 77.6. The number of ether oxygens (including phenoxy) is 1. The van der Waals surface area contributed by atoms with Crippen LogP contribution in [-0.2, 0) is 95.4 Å². The molecule has 4 unspecified atom stereocenters. The fourth-order valence-corrected chi connectivity index (χ4v) is 15.4. The predicted octanol–water partition coefficient (Wildman–Crippen LogP) is 23.9. The summed E-state index contributed by atoms with van der Waals surface area (Å²) in [5.74, 6) is 2.31. The number of hydrogen-bond donors (Lipinski definition) is 0. The van der Waals surface area contributed by atoms with Crippen LogP contribution < -0.4 is 31.3 Å². The zero-order chi connectivity index (χ0) is 71.4. The van der Waals surface area contributed by atoms with Crippen LogP contribution in [0.25, 0.3) is 27.0 Å². The van der Waals surface area contributed by atoms with Gasteiger partial charge in [0.25, 0.3) is 0 Å². The molecule has 0 aromatic heterocycles. The van der Waals surface area contributed by atoms with Gasteiger partial charge in [-0.3, -0.25) is 0 Å². The Morgan fingerprint density at radius 3 is 0.960 bits per heavy atom. The molecule has 4 atom stereocenters. The summed E-state index contributed by atoms with van der Waals surface area (Å²) < 4.78 is 6.33. The average Bonchev–Trinajstić information content (AvgIpc) is 1.05. The topological polar surface area (TPSA) is 121 Å². The van der Waals surface area contributed by atoms with Gasteiger partial charge in [-0.05, 0) is 151 Å². The Labute approximate surface area is 684 Å². The molecule has 6 nitrogen and oxygen atoms in total. The first-order valence-electron chi connectivity index (χ1n) is 33.9. The third-order valence-electron chi connectivity index (χ3n) is 16.5. The SMILES string of the molecule is CC(C)(C)C(C)(C)C.CC(C)(C)C(C)(C)C.CC=[N-].CC=[N-].CC=[N-].CC=[N-].CC=[N-].PC1C=CCC1.PC1CCCC1.[CH2-]C1C=CCC1.[CH2-]c1ccccc1Oc1ccccc1[PH+](c1ccccc1)c1ccccc1.[CH3-].[Fe].[Fe].[Pd+2].[Pd].[Pd].c1ccc([PH+](c2ccccc2)C2CCCC2)cc1. The Balaban J connectivity index is -0.000000169. The van der Waals surface area contributed by atoms with E-state index < -0.39 is 15.8 Å². The van der Waals surface area contributed by atoms with Crippen molar-refractivity contribution in [3.8, 4) is 11.5 Å². The van der Waals surface area contributed by atoms with Crippen molar-refractivity contribution in [2.45, 2.75) is 212 Å². The third-order valence-corrected chi connectivity index (χ3v) is 23.8. The first kappa shape index (κ1) is 113. The van der Waals surface area contributed by atoms with E-state index in [1.54, 1.807) is 45.2 Å². The van der Waals surface area contributed by atoms with Gasteiger partial charge in [0.15, 0.2) is 5.75 Å². The number of rotatable bonds is 8. The molecular weight excluding hydrogens is 1660 g/mol. The fourth-order valence-electron chi connectivity index (χ4n) is 8.57. The van der Waals surface area contributed by atoms with Crippen molar-refractivity contribution in [1.82, 2.24) is 0 Å². The van der Waals surface area contributed by atoms with Crippen molar-refractivity contribution >= 4 is 91.9 Å². The smallest absolute Gasteiger partial charge is 0.814 e. The third kappa shape index (κ3) is 54.2. The van der Waals surface area contributed by atoms with Gasteiger partial charge in [-0.2, -0.15) is 24.5 Å². The molecule has 100 heavy (non-hydrogen) atoms. The first-order valence-corrected chi connectivity index (χ1v) is 38.4. The molecule has 2 fully saturated rings. The van der Waals surface area contributed by atoms with Gasteiger partial charge in [-0.15, -0.1) is 30.6 Å². The van der Waals surface area contributed by atoms with E-state index >= 15 is 0 Å². The molecule has 2 saturated carbocycles. The maximum Gasteiger partial charge on any atom is 2.00 e. The predicted molar refractivity (Wildman–Crippen MR) is 451 cm³/mol. The first-order chi connectivity index (χ1) is 44.5. The van der Waals surface area contributed by atoms with Gasteiger partial charge in [0.05, 0.1) is 24.2 Å². The second-order valence-electron chi connectivity index (χ2n) is 27.2. The Bertz CT molecular complexity index is 2730. The summed E-state index contributed by atoms with van der Waals surface area (Å²) in [6, 6.07) is 60.0. The van der Waals surface area contributed by atoms with Crippen molar-refractivity contribution < 1.29 is 100 Å². The molecule has 6 aromatic carbocycles. The van der Waals surface area contributed by atoms with Crippen molar-refractivity contribution in [2.24, 2.45) is 27.6 Å². The van der Waals surface area contributed by atoms with Gasteiger partial charge in [-0.25, -0.2) is 31.1 Å². The fraction of sp³-hybridized carbons (Fsp3) is 0.435. The minimum absolute atomic E-state index is 0. The normalized spacial score (nSPS) is 14.1. The molecule has 570 valence electrons. The molecule has 0 N–H and O–H groups in total. The number of para-hydroxylation sites is 2. The van der Waals surface area contributed by atoms with Crippen molar-refractivity contribution in [3.05, 3.63) is 248 Å². The maximum absolute atomic E-state index is 7.44. The van der Waals surface area contributed by atoms with Gasteiger partial charge >= 0.3 is 20.4 Å². The van der Waals surface area contributed by atoms with Gasteiger partial charge in [0.1, 0.15) is 23.8 Å². The summed E-state index contributed by atoms with van der Waals surface area (Å²) in [7, 11) is 3.90. The molecule has 4 aliphatic rings. The molecule has 4 aliphatic carbocycles. The van der Waals surface area contributed by atoms with Gasteiger partial charge in [0, 0.05) is 80.7 Å². The molecular formula is C85H129Fe2N5OP4Pd3-4. The number of benzene rings is 6. The van der Waals surface area contributed by atoms with Gasteiger partial charge in [0.2, 0.25) is 0 Å². The molecule has 0 aliphatic heterocycles. The molecule has 0 saturated heterocycles. The van der Waals surface area contributed by atoms with Crippen LogP contribution in [0.15, 0.2) is 194 Å². The van der Waals surface area contributed by atoms with Crippen LogP contribution in [0.1, 0.15) is 200 Å². The summed E-state index contributed by atoms with van der Waals surface area (Å²) in [4.78, 5) is 0. The van der Waals surface area contributed by atoms with Crippen LogP contribution >= 0.6 is 34.3 Å². The maximum atomic E-state index is 7.44. The van der Waals surface area contributed by atoms with E-state index in [9.17, 15) is 0 Å². The summed E-state index contributed by atoms with van der Waals surface area (Å²) in [6.45, 7) is 43.0. The number of allylic oxidation sites excluding steroid dienone is 4. The second-order valence-corrected chi connectivity index (χ2v) is 34.3. The van der Waals surface area contributed by atoms with Crippen LogP contribution in [0, 0.1) is 48.9 Å². The molecule has 0 bridgehead atoms. The molecule has 0 radical (unpaired) electrons. The summed E-state index contributed by atoms with van der Waals surface area (Å²) >= 11 is 0. The average molecular weight is 1790 g/mol. The van der Waals surface area contributed by atoms with E-state index in [4.69, 9.17) is 31.8 Å². The zero-order valence-electron chi connectivity index (χ0n) is 64.0. The summed E-state index contributed by atoms with van der Waals surface area (Å²) in [5, 5.41) is 44.3. The van der Waals surface area contributed by atoms with Crippen molar-refractivity contribution in [2.75, 3.05) is 0 Å². The van der Waals surface area contributed by atoms with Gasteiger partial charge in [-0.1, -0.05) is 252 Å². The minimum atomic E-state index is -1.18. The molecule has 0 spiro atoms. The van der Waals surface area contributed by atoms with Crippen LogP contribution in [0.5, 0.6) is 11.5 Å². The Morgan fingerprint density at radius 1 is 0.420 bits per heavy atom. The molecule has 15 heteroatoms. The number of nitrogens with zero attached hydrogens (tertiary/aromatic N) is 5. The van der Waals surface area contributed by atoms with Crippen LogP contribution in [-0.4, -0.2) is 48.0 Å². The largest absolute Gasteiger partial charge is 2.00 e. The molecule has 6 aromatic rings. The van der Waals surface area contributed by atoms with Crippen molar-refractivity contribution in [3.63, 3.8) is 0 Å². The van der Waals surface area contributed by atoms with E-state index in [1.807, 2.05) is 30.3 Å². The summed E-state index contributed by atoms with van der Waals surface area (Å²) in [5.41, 5.74) is 5.32. The monoisotopic (exact) mass is 1790 g/mol. The van der Waals surface area contributed by atoms with Crippen LogP contribution in [0.3, 0.4) is 0 Å². The van der Waals surface area contributed by atoms with E-state index in [1.165, 1.54) is 93.0 Å². The second kappa shape index (κ2) is 68.4. The van der Waals surface area contributed by atoms with E-state index in [0.29, 0.717) is 27.6 Å². The molecule has 10 rings (SSSR count).